The Hall–Kier alpha value is -1.07. The molecule has 0 aliphatic carbocycles. The van der Waals surface area contributed by atoms with E-state index in [4.69, 9.17) is 5.26 Å². The summed E-state index contributed by atoms with van der Waals surface area (Å²) in [6, 6.07) is 3.98. The molecule has 0 amide bonds. The second-order valence-electron chi connectivity index (χ2n) is 4.90. The summed E-state index contributed by atoms with van der Waals surface area (Å²) in [7, 11) is 0. The van der Waals surface area contributed by atoms with Gasteiger partial charge in [0, 0.05) is 31.7 Å². The summed E-state index contributed by atoms with van der Waals surface area (Å²) in [6.07, 6.45) is -4.53. The number of hydrogen-bond donors (Lipinski definition) is 1. The lowest BCUT2D eigenvalue weighted by molar-refractivity contribution is -0.137. The van der Waals surface area contributed by atoms with Gasteiger partial charge in [-0.05, 0) is 12.1 Å². The molecule has 1 saturated heterocycles. The molecule has 1 aromatic rings. The Morgan fingerprint density at radius 1 is 1.22 bits per heavy atom. The van der Waals surface area contributed by atoms with E-state index < -0.39 is 23.6 Å². The molecule has 1 atom stereocenters. The van der Waals surface area contributed by atoms with Gasteiger partial charge in [-0.3, -0.25) is 4.90 Å². The maximum atomic E-state index is 14.1. The zero-order valence-electron chi connectivity index (χ0n) is 12.1. The Bertz CT molecular complexity index is 540. The number of hydrogen-bond acceptors (Lipinski definition) is 3. The van der Waals surface area contributed by atoms with Crippen LogP contribution in [0.25, 0.3) is 0 Å². The highest BCUT2D eigenvalue weighted by Gasteiger charge is 2.32. The van der Waals surface area contributed by atoms with Gasteiger partial charge in [0.05, 0.1) is 24.1 Å². The van der Waals surface area contributed by atoms with E-state index in [1.165, 1.54) is 0 Å². The van der Waals surface area contributed by atoms with E-state index in [0.29, 0.717) is 32.2 Å². The quantitative estimate of drug-likeness (QED) is 0.823. The number of piperazine rings is 1. The van der Waals surface area contributed by atoms with Crippen molar-refractivity contribution in [2.45, 2.75) is 18.6 Å². The molecule has 0 unspecified atom stereocenters. The molecule has 0 saturated carbocycles. The summed E-state index contributed by atoms with van der Waals surface area (Å²) in [6.45, 7) is 2.69. The average molecular weight is 374 g/mol. The molecular formula is C14H17Cl2F4N3. The minimum Gasteiger partial charge on any atom is -0.314 e. The molecule has 0 spiro atoms. The van der Waals surface area contributed by atoms with Crippen LogP contribution in [0.4, 0.5) is 17.6 Å². The summed E-state index contributed by atoms with van der Waals surface area (Å²) in [5.74, 6) is -0.913. The van der Waals surface area contributed by atoms with Crippen LogP contribution in [-0.4, -0.2) is 31.1 Å². The number of halogens is 6. The number of alkyl halides is 3. The number of nitrogens with zero attached hydrogens (tertiary/aromatic N) is 2. The second-order valence-corrected chi connectivity index (χ2v) is 4.90. The van der Waals surface area contributed by atoms with Gasteiger partial charge >= 0.3 is 6.18 Å². The predicted molar refractivity (Wildman–Crippen MR) is 83.3 cm³/mol. The first-order valence-electron chi connectivity index (χ1n) is 6.62. The van der Waals surface area contributed by atoms with E-state index >= 15 is 0 Å². The van der Waals surface area contributed by atoms with E-state index in [1.807, 2.05) is 11.0 Å². The Morgan fingerprint density at radius 3 is 2.30 bits per heavy atom. The molecule has 1 aliphatic rings. The van der Waals surface area contributed by atoms with Crippen LogP contribution in [0.3, 0.4) is 0 Å². The fourth-order valence-electron chi connectivity index (χ4n) is 2.49. The lowest BCUT2D eigenvalue weighted by Gasteiger charge is -2.34. The Balaban J connectivity index is 0.00000242. The molecule has 1 aliphatic heterocycles. The minimum atomic E-state index is -4.57. The Kier molecular flexibility index (Phi) is 8.85. The third-order valence-corrected chi connectivity index (χ3v) is 3.56. The van der Waals surface area contributed by atoms with Crippen LogP contribution in [0, 0.1) is 17.1 Å². The van der Waals surface area contributed by atoms with Crippen LogP contribution in [0.2, 0.25) is 0 Å². The first kappa shape index (κ1) is 21.9. The van der Waals surface area contributed by atoms with Gasteiger partial charge in [-0.15, -0.1) is 24.8 Å². The Morgan fingerprint density at radius 2 is 1.83 bits per heavy atom. The minimum absolute atomic E-state index is 0. The lowest BCUT2D eigenvalue weighted by atomic mass is 9.99. The van der Waals surface area contributed by atoms with Crippen molar-refractivity contribution < 1.29 is 17.6 Å². The van der Waals surface area contributed by atoms with Crippen LogP contribution in [0.1, 0.15) is 23.6 Å². The third kappa shape index (κ3) is 5.50. The van der Waals surface area contributed by atoms with Crippen LogP contribution >= 0.6 is 24.8 Å². The van der Waals surface area contributed by atoms with Crippen LogP contribution in [0.5, 0.6) is 0 Å². The molecule has 9 heteroatoms. The van der Waals surface area contributed by atoms with Crippen molar-refractivity contribution in [1.82, 2.24) is 10.2 Å². The maximum Gasteiger partial charge on any atom is 0.416 e. The molecule has 130 valence electrons. The van der Waals surface area contributed by atoms with E-state index in [0.717, 1.165) is 12.1 Å². The first-order valence-corrected chi connectivity index (χ1v) is 6.62. The highest BCUT2D eigenvalue weighted by molar-refractivity contribution is 5.85. The molecule has 2 rings (SSSR count). The van der Waals surface area contributed by atoms with Crippen LogP contribution in [0.15, 0.2) is 18.2 Å². The van der Waals surface area contributed by atoms with Crippen molar-refractivity contribution in [3.8, 4) is 6.07 Å². The van der Waals surface area contributed by atoms with Gasteiger partial charge in [-0.25, -0.2) is 4.39 Å². The smallest absolute Gasteiger partial charge is 0.314 e. The zero-order chi connectivity index (χ0) is 15.5. The summed E-state index contributed by atoms with van der Waals surface area (Å²) in [5, 5.41) is 12.0. The number of nitriles is 1. The lowest BCUT2D eigenvalue weighted by Crippen LogP contribution is -2.45. The molecular weight excluding hydrogens is 357 g/mol. The topological polar surface area (TPSA) is 39.1 Å². The summed E-state index contributed by atoms with van der Waals surface area (Å²) in [4.78, 5) is 1.92. The van der Waals surface area contributed by atoms with Crippen LogP contribution < -0.4 is 5.32 Å². The van der Waals surface area contributed by atoms with Gasteiger partial charge in [-0.1, -0.05) is 6.07 Å². The van der Waals surface area contributed by atoms with Gasteiger partial charge in [0.2, 0.25) is 0 Å². The average Bonchev–Trinajstić information content (AvgIpc) is 2.45. The van der Waals surface area contributed by atoms with Crippen molar-refractivity contribution >= 4 is 24.8 Å². The number of nitrogens with one attached hydrogen (secondary N) is 1. The van der Waals surface area contributed by atoms with Gasteiger partial charge in [-0.2, -0.15) is 18.4 Å². The predicted octanol–water partition coefficient (Wildman–Crippen LogP) is 3.55. The van der Waals surface area contributed by atoms with Crippen molar-refractivity contribution in [3.05, 3.63) is 35.1 Å². The van der Waals surface area contributed by atoms with E-state index in [9.17, 15) is 17.6 Å². The third-order valence-electron chi connectivity index (χ3n) is 3.56. The van der Waals surface area contributed by atoms with Crippen molar-refractivity contribution in [2.24, 2.45) is 0 Å². The molecule has 23 heavy (non-hydrogen) atoms. The first-order chi connectivity index (χ1) is 9.93. The molecule has 0 aromatic heterocycles. The fraction of sp³-hybridized carbons (Fsp3) is 0.500. The van der Waals surface area contributed by atoms with E-state index in [2.05, 4.69) is 5.32 Å². The van der Waals surface area contributed by atoms with E-state index in [1.54, 1.807) is 0 Å². The second kappa shape index (κ2) is 9.28. The van der Waals surface area contributed by atoms with Crippen molar-refractivity contribution in [2.75, 3.05) is 26.2 Å². The van der Waals surface area contributed by atoms with Gasteiger partial charge in [0.25, 0.3) is 0 Å². The highest BCUT2D eigenvalue weighted by atomic mass is 35.5. The SMILES string of the molecule is Cl.Cl.N#CC[C@@H](c1ccc(C(F)(F)F)cc1F)N1CCNCC1. The van der Waals surface area contributed by atoms with Crippen molar-refractivity contribution in [3.63, 3.8) is 0 Å². The standard InChI is InChI=1S/C14H15F4N3.2ClH/c15-12-9-10(14(16,17)18)1-2-11(12)13(3-4-19)21-7-5-20-6-8-21;;/h1-2,9,13,20H,3,5-8H2;2*1H/t13-;;/m0../s1. The molecule has 3 nitrogen and oxygen atoms in total. The molecule has 1 fully saturated rings. The summed E-state index contributed by atoms with van der Waals surface area (Å²) < 4.78 is 51.8. The van der Waals surface area contributed by atoms with Gasteiger partial charge in [0.15, 0.2) is 0 Å². The van der Waals surface area contributed by atoms with E-state index in [-0.39, 0.29) is 36.8 Å². The maximum absolute atomic E-state index is 14.1. The summed E-state index contributed by atoms with van der Waals surface area (Å²) >= 11 is 0. The summed E-state index contributed by atoms with van der Waals surface area (Å²) in [5.41, 5.74) is -0.869. The molecule has 1 aromatic carbocycles. The van der Waals surface area contributed by atoms with Crippen LogP contribution in [-0.2, 0) is 6.18 Å². The van der Waals surface area contributed by atoms with Gasteiger partial charge in [0.1, 0.15) is 5.82 Å². The largest absolute Gasteiger partial charge is 0.416 e. The normalized spacial score (nSPS) is 16.7. The highest BCUT2D eigenvalue weighted by Crippen LogP contribution is 2.33. The fourth-order valence-corrected chi connectivity index (χ4v) is 2.49. The molecule has 1 heterocycles. The van der Waals surface area contributed by atoms with Crippen molar-refractivity contribution in [1.29, 1.82) is 5.26 Å². The Labute approximate surface area is 144 Å². The zero-order valence-corrected chi connectivity index (χ0v) is 13.7. The monoisotopic (exact) mass is 373 g/mol. The number of benzene rings is 1. The molecule has 0 radical (unpaired) electrons. The van der Waals surface area contributed by atoms with Gasteiger partial charge < -0.3 is 5.32 Å². The molecule has 1 N–H and O–H groups in total. The molecule has 0 bridgehead atoms. The number of rotatable bonds is 3.